The number of hydrogen-bond acceptors (Lipinski definition) is 1. The summed E-state index contributed by atoms with van der Waals surface area (Å²) in [5.74, 6) is 0.933. The summed E-state index contributed by atoms with van der Waals surface area (Å²) in [5.41, 5.74) is 1.46. The Hall–Kier alpha value is -1.56. The molecule has 0 N–H and O–H groups in total. The second-order valence-corrected chi connectivity index (χ2v) is 8.10. The molecule has 0 saturated heterocycles. The van der Waals surface area contributed by atoms with Gasteiger partial charge >= 0.3 is 0 Å². The van der Waals surface area contributed by atoms with Crippen LogP contribution in [0.25, 0.3) is 0 Å². The first-order chi connectivity index (χ1) is 11.4. The van der Waals surface area contributed by atoms with Crippen LogP contribution in [0.3, 0.4) is 0 Å². The van der Waals surface area contributed by atoms with Crippen molar-refractivity contribution in [3.63, 3.8) is 0 Å². The standard InChI is InChI=1S/C21H21PS/c23-17-9-11-18-10-7-8-16-21(18)22(19-12-3-1-4-13-19)20-14-5-2-6-15-20/h1-8,10,12-16,23H,9,11,17H2. The first-order valence-electron chi connectivity index (χ1n) is 7.99. The summed E-state index contributed by atoms with van der Waals surface area (Å²) in [4.78, 5) is 0. The Morgan fingerprint density at radius 2 is 1.17 bits per heavy atom. The highest BCUT2D eigenvalue weighted by Gasteiger charge is 2.18. The zero-order chi connectivity index (χ0) is 15.9. The van der Waals surface area contributed by atoms with E-state index in [0.29, 0.717) is 0 Å². The van der Waals surface area contributed by atoms with E-state index in [-0.39, 0.29) is 0 Å². The number of rotatable bonds is 6. The highest BCUT2D eigenvalue weighted by molar-refractivity contribution is 7.80. The van der Waals surface area contributed by atoms with E-state index in [9.17, 15) is 0 Å². The van der Waals surface area contributed by atoms with Gasteiger partial charge in [0.05, 0.1) is 0 Å². The van der Waals surface area contributed by atoms with E-state index in [0.717, 1.165) is 18.6 Å². The highest BCUT2D eigenvalue weighted by atomic mass is 32.1. The van der Waals surface area contributed by atoms with Crippen molar-refractivity contribution in [1.29, 1.82) is 0 Å². The minimum absolute atomic E-state index is 0.508. The van der Waals surface area contributed by atoms with Gasteiger partial charge in [0, 0.05) is 0 Å². The van der Waals surface area contributed by atoms with E-state index in [4.69, 9.17) is 0 Å². The van der Waals surface area contributed by atoms with Crippen LogP contribution in [0.2, 0.25) is 0 Å². The molecule has 0 unspecified atom stereocenters. The lowest BCUT2D eigenvalue weighted by molar-refractivity contribution is 0.942. The Labute approximate surface area is 145 Å². The summed E-state index contributed by atoms with van der Waals surface area (Å²) in [6, 6.07) is 30.7. The highest BCUT2D eigenvalue weighted by Crippen LogP contribution is 2.34. The molecule has 0 fully saturated rings. The van der Waals surface area contributed by atoms with Crippen LogP contribution < -0.4 is 15.9 Å². The topological polar surface area (TPSA) is 0 Å². The van der Waals surface area contributed by atoms with Gasteiger partial charge < -0.3 is 0 Å². The molecule has 0 aliphatic carbocycles. The van der Waals surface area contributed by atoms with Crippen LogP contribution in [0.4, 0.5) is 0 Å². The molecule has 0 atom stereocenters. The predicted octanol–water partition coefficient (Wildman–Crippen LogP) is 4.31. The molecule has 3 aromatic carbocycles. The average Bonchev–Trinajstić information content (AvgIpc) is 2.63. The maximum atomic E-state index is 4.38. The molecule has 0 bridgehead atoms. The Morgan fingerprint density at radius 1 is 0.652 bits per heavy atom. The maximum absolute atomic E-state index is 4.38. The number of hydrogen-bond donors (Lipinski definition) is 1. The predicted molar refractivity (Wildman–Crippen MR) is 107 cm³/mol. The van der Waals surface area contributed by atoms with Crippen molar-refractivity contribution in [2.45, 2.75) is 12.8 Å². The van der Waals surface area contributed by atoms with E-state index < -0.39 is 7.92 Å². The molecule has 23 heavy (non-hydrogen) atoms. The molecular formula is C21H21PS. The molecule has 3 aromatic rings. The van der Waals surface area contributed by atoms with Crippen LogP contribution in [0.5, 0.6) is 0 Å². The Morgan fingerprint density at radius 3 is 1.74 bits per heavy atom. The minimum Gasteiger partial charge on any atom is -0.179 e. The molecule has 0 aromatic heterocycles. The molecule has 0 aliphatic rings. The molecule has 0 nitrogen and oxygen atoms in total. The van der Waals surface area contributed by atoms with Crippen LogP contribution in [-0.2, 0) is 6.42 Å². The first-order valence-corrected chi connectivity index (χ1v) is 9.96. The molecule has 3 rings (SSSR count). The first kappa shape index (κ1) is 16.3. The summed E-state index contributed by atoms with van der Waals surface area (Å²) >= 11 is 4.38. The van der Waals surface area contributed by atoms with E-state index in [1.807, 2.05) is 0 Å². The largest absolute Gasteiger partial charge is 0.179 e. The number of benzene rings is 3. The van der Waals surface area contributed by atoms with Crippen molar-refractivity contribution in [1.82, 2.24) is 0 Å². The molecule has 0 spiro atoms. The van der Waals surface area contributed by atoms with Crippen LogP contribution in [0, 0.1) is 0 Å². The second kappa shape index (κ2) is 8.34. The molecule has 0 aliphatic heterocycles. The van der Waals surface area contributed by atoms with Gasteiger partial charge in [0.2, 0.25) is 0 Å². The SMILES string of the molecule is SCCCc1ccccc1P(c1ccccc1)c1ccccc1. The molecule has 0 amide bonds. The molecular weight excluding hydrogens is 315 g/mol. The zero-order valence-electron chi connectivity index (χ0n) is 13.1. The van der Waals surface area contributed by atoms with Gasteiger partial charge in [-0.25, -0.2) is 0 Å². The summed E-state index contributed by atoms with van der Waals surface area (Å²) in [6.45, 7) is 0. The molecule has 2 heteroatoms. The van der Waals surface area contributed by atoms with Crippen molar-refractivity contribution in [2.75, 3.05) is 5.75 Å². The van der Waals surface area contributed by atoms with E-state index in [1.165, 1.54) is 21.5 Å². The fourth-order valence-electron chi connectivity index (χ4n) is 2.79. The second-order valence-electron chi connectivity index (χ2n) is 5.46. The lowest BCUT2D eigenvalue weighted by Crippen LogP contribution is -2.23. The number of aryl methyl sites for hydroxylation is 1. The van der Waals surface area contributed by atoms with Gasteiger partial charge in [-0.1, -0.05) is 84.9 Å². The molecule has 0 heterocycles. The summed E-state index contributed by atoms with van der Waals surface area (Å²) in [6.07, 6.45) is 2.21. The number of thiol groups is 1. The Kier molecular flexibility index (Phi) is 5.91. The fourth-order valence-corrected chi connectivity index (χ4v) is 5.45. The van der Waals surface area contributed by atoms with E-state index in [2.05, 4.69) is 97.6 Å². The fraction of sp³-hybridized carbons (Fsp3) is 0.143. The minimum atomic E-state index is -0.508. The van der Waals surface area contributed by atoms with Crippen LogP contribution in [0.15, 0.2) is 84.9 Å². The van der Waals surface area contributed by atoms with Gasteiger partial charge in [0.25, 0.3) is 0 Å². The molecule has 0 radical (unpaired) electrons. The van der Waals surface area contributed by atoms with Crippen molar-refractivity contribution in [2.24, 2.45) is 0 Å². The van der Waals surface area contributed by atoms with Crippen LogP contribution in [0.1, 0.15) is 12.0 Å². The normalized spacial score (nSPS) is 10.9. The average molecular weight is 336 g/mol. The van der Waals surface area contributed by atoms with Crippen molar-refractivity contribution in [3.8, 4) is 0 Å². The van der Waals surface area contributed by atoms with Gasteiger partial charge in [-0.15, -0.1) is 0 Å². The third-order valence-corrected chi connectivity index (χ3v) is 6.73. The quantitative estimate of drug-likeness (QED) is 0.503. The monoisotopic (exact) mass is 336 g/mol. The van der Waals surface area contributed by atoms with Gasteiger partial charge in [-0.2, -0.15) is 12.6 Å². The molecule has 116 valence electrons. The molecule has 0 saturated carbocycles. The summed E-state index contributed by atoms with van der Waals surface area (Å²) in [5, 5.41) is 4.29. The van der Waals surface area contributed by atoms with Crippen molar-refractivity contribution >= 4 is 36.5 Å². The maximum Gasteiger partial charge on any atom is -0.00947 e. The Balaban J connectivity index is 2.10. The zero-order valence-corrected chi connectivity index (χ0v) is 14.9. The van der Waals surface area contributed by atoms with Crippen molar-refractivity contribution in [3.05, 3.63) is 90.5 Å². The third kappa shape index (κ3) is 4.05. The lowest BCUT2D eigenvalue weighted by Gasteiger charge is -2.22. The Bertz CT molecular complexity index is 686. The van der Waals surface area contributed by atoms with Gasteiger partial charge in [-0.05, 0) is 48.0 Å². The summed E-state index contributed by atoms with van der Waals surface area (Å²) in [7, 11) is -0.508. The lowest BCUT2D eigenvalue weighted by atomic mass is 10.1. The van der Waals surface area contributed by atoms with Crippen LogP contribution in [-0.4, -0.2) is 5.75 Å². The third-order valence-electron chi connectivity index (χ3n) is 3.87. The summed E-state index contributed by atoms with van der Waals surface area (Å²) < 4.78 is 0. The van der Waals surface area contributed by atoms with E-state index >= 15 is 0 Å². The van der Waals surface area contributed by atoms with Crippen LogP contribution >= 0.6 is 20.6 Å². The van der Waals surface area contributed by atoms with Gasteiger partial charge in [0.15, 0.2) is 0 Å². The van der Waals surface area contributed by atoms with Gasteiger partial charge in [-0.3, -0.25) is 0 Å². The van der Waals surface area contributed by atoms with Crippen molar-refractivity contribution < 1.29 is 0 Å². The van der Waals surface area contributed by atoms with Gasteiger partial charge in [0.1, 0.15) is 0 Å². The smallest absolute Gasteiger partial charge is 0.00947 e. The van der Waals surface area contributed by atoms with E-state index in [1.54, 1.807) is 0 Å².